The Morgan fingerprint density at radius 3 is 2.56 bits per heavy atom. The first-order valence-corrected chi connectivity index (χ1v) is 9.61. The van der Waals surface area contributed by atoms with Crippen molar-refractivity contribution < 1.29 is 14.3 Å². The van der Waals surface area contributed by atoms with Crippen molar-refractivity contribution in [1.82, 2.24) is 10.2 Å². The molecule has 3 rings (SSSR count). The summed E-state index contributed by atoms with van der Waals surface area (Å²) in [6.07, 6.45) is 1.23. The number of ether oxygens (including phenoxy) is 1. The molecule has 27 heavy (non-hydrogen) atoms. The van der Waals surface area contributed by atoms with Crippen molar-refractivity contribution in [2.24, 2.45) is 16.8 Å². The van der Waals surface area contributed by atoms with Crippen LogP contribution in [0.25, 0.3) is 0 Å². The molecule has 146 valence electrons. The molecule has 7 nitrogen and oxygen atoms in total. The summed E-state index contributed by atoms with van der Waals surface area (Å²) in [5.74, 6) is 1.90. The van der Waals surface area contributed by atoms with Crippen molar-refractivity contribution in [3.05, 3.63) is 24.3 Å². The lowest BCUT2D eigenvalue weighted by molar-refractivity contribution is -0.125. The number of benzene rings is 1. The molecule has 0 saturated carbocycles. The molecular formula is C20H28N4O3. The van der Waals surface area contributed by atoms with Gasteiger partial charge in [0.05, 0.1) is 13.0 Å². The van der Waals surface area contributed by atoms with Gasteiger partial charge in [-0.1, -0.05) is 13.8 Å². The highest BCUT2D eigenvalue weighted by atomic mass is 16.5. The molecule has 0 spiro atoms. The van der Waals surface area contributed by atoms with Gasteiger partial charge in [-0.2, -0.15) is 0 Å². The van der Waals surface area contributed by atoms with E-state index in [1.165, 1.54) is 6.42 Å². The lowest BCUT2D eigenvalue weighted by Crippen LogP contribution is -2.54. The van der Waals surface area contributed by atoms with Crippen LogP contribution in [0.5, 0.6) is 5.75 Å². The number of rotatable bonds is 4. The Kier molecular flexibility index (Phi) is 5.98. The van der Waals surface area contributed by atoms with E-state index in [4.69, 9.17) is 4.74 Å². The topological polar surface area (TPSA) is 83.0 Å². The normalized spacial score (nSPS) is 25.4. The number of carbonyl (C=O) groups is 2. The molecule has 1 aromatic rings. The number of anilines is 1. The Morgan fingerprint density at radius 1 is 1.26 bits per heavy atom. The van der Waals surface area contributed by atoms with Crippen molar-refractivity contribution in [2.75, 3.05) is 25.0 Å². The molecule has 2 aliphatic rings. The molecule has 3 atom stereocenters. The van der Waals surface area contributed by atoms with Gasteiger partial charge in [0.15, 0.2) is 0 Å². The van der Waals surface area contributed by atoms with Gasteiger partial charge in [-0.15, -0.1) is 0 Å². The first-order chi connectivity index (χ1) is 12.9. The number of amides is 2. The lowest BCUT2D eigenvalue weighted by Gasteiger charge is -2.38. The zero-order valence-corrected chi connectivity index (χ0v) is 16.2. The number of hydrogen-bond donors (Lipinski definition) is 2. The second-order valence-corrected chi connectivity index (χ2v) is 7.52. The lowest BCUT2D eigenvalue weighted by atomic mass is 9.92. The molecule has 7 heteroatoms. The Morgan fingerprint density at radius 2 is 1.93 bits per heavy atom. The van der Waals surface area contributed by atoms with Crippen LogP contribution in [0.4, 0.5) is 5.69 Å². The zero-order valence-electron chi connectivity index (χ0n) is 16.2. The van der Waals surface area contributed by atoms with Gasteiger partial charge in [0.2, 0.25) is 17.8 Å². The van der Waals surface area contributed by atoms with Crippen LogP contribution in [0.3, 0.4) is 0 Å². The fraction of sp³-hybridized carbons (Fsp3) is 0.550. The molecule has 0 aromatic heterocycles. The van der Waals surface area contributed by atoms with Crippen molar-refractivity contribution in [1.29, 1.82) is 0 Å². The summed E-state index contributed by atoms with van der Waals surface area (Å²) in [6, 6.07) is 6.46. The van der Waals surface area contributed by atoms with Gasteiger partial charge in [0.1, 0.15) is 11.8 Å². The Balaban J connectivity index is 1.68. The first-order valence-electron chi connectivity index (χ1n) is 9.61. The average molecular weight is 372 g/mol. The summed E-state index contributed by atoms with van der Waals surface area (Å²) >= 11 is 0. The summed E-state index contributed by atoms with van der Waals surface area (Å²) in [6.45, 7) is 8.60. The number of carbonyl (C=O) groups excluding carboxylic acids is 2. The molecule has 2 heterocycles. The molecule has 1 saturated heterocycles. The number of nitrogens with one attached hydrogen (secondary N) is 2. The van der Waals surface area contributed by atoms with Crippen molar-refractivity contribution >= 4 is 23.5 Å². The van der Waals surface area contributed by atoms with E-state index in [9.17, 15) is 9.59 Å². The summed E-state index contributed by atoms with van der Waals surface area (Å²) in [4.78, 5) is 31.4. The molecular weight excluding hydrogens is 344 g/mol. The van der Waals surface area contributed by atoms with E-state index in [1.54, 1.807) is 24.3 Å². The molecule has 0 aliphatic carbocycles. The van der Waals surface area contributed by atoms with Crippen molar-refractivity contribution in [2.45, 2.75) is 39.7 Å². The SMILES string of the molecule is CCOc1ccc(NC(=O)C2CC(=O)NC(N3CC(C)CC(C)C3)=N2)cc1. The van der Waals surface area contributed by atoms with Crippen molar-refractivity contribution in [3.8, 4) is 5.75 Å². The van der Waals surface area contributed by atoms with Gasteiger partial charge >= 0.3 is 0 Å². The fourth-order valence-electron chi connectivity index (χ4n) is 3.75. The van der Waals surface area contributed by atoms with Crippen LogP contribution in [-0.4, -0.2) is 48.4 Å². The van der Waals surface area contributed by atoms with E-state index in [0.29, 0.717) is 30.1 Å². The van der Waals surface area contributed by atoms with Gasteiger partial charge in [-0.05, 0) is 49.4 Å². The van der Waals surface area contributed by atoms with E-state index < -0.39 is 6.04 Å². The number of aliphatic imine (C=N–C) groups is 1. The smallest absolute Gasteiger partial charge is 0.249 e. The predicted octanol–water partition coefficient (Wildman–Crippen LogP) is 2.25. The van der Waals surface area contributed by atoms with E-state index in [-0.39, 0.29) is 18.2 Å². The van der Waals surface area contributed by atoms with Gasteiger partial charge in [0.25, 0.3) is 0 Å². The molecule has 1 fully saturated rings. The summed E-state index contributed by atoms with van der Waals surface area (Å²) < 4.78 is 5.40. The highest BCUT2D eigenvalue weighted by Crippen LogP contribution is 2.22. The minimum absolute atomic E-state index is 0.0608. The molecule has 0 radical (unpaired) electrons. The Labute approximate surface area is 160 Å². The number of guanidine groups is 1. The standard InChI is InChI=1S/C20H28N4O3/c1-4-27-16-7-5-15(6-8-16)21-19(26)17-10-18(25)23-20(22-17)24-11-13(2)9-14(3)12-24/h5-8,13-14,17H,4,9-12H2,1-3H3,(H,21,26)(H,22,23,25). The molecule has 2 amide bonds. The number of hydrogen-bond acceptors (Lipinski definition) is 5. The maximum Gasteiger partial charge on any atom is 0.249 e. The second kappa shape index (κ2) is 8.41. The molecule has 2 N–H and O–H groups in total. The third-order valence-electron chi connectivity index (χ3n) is 4.81. The number of likely N-dealkylation sites (tertiary alicyclic amines) is 1. The molecule has 3 unspecified atom stereocenters. The fourth-order valence-corrected chi connectivity index (χ4v) is 3.75. The maximum absolute atomic E-state index is 12.6. The molecule has 0 bridgehead atoms. The van der Waals surface area contributed by atoms with Crippen molar-refractivity contribution in [3.63, 3.8) is 0 Å². The van der Waals surface area contributed by atoms with E-state index in [1.807, 2.05) is 6.92 Å². The van der Waals surface area contributed by atoms with Gasteiger partial charge in [-0.25, -0.2) is 4.99 Å². The van der Waals surface area contributed by atoms with Crippen LogP contribution in [0.1, 0.15) is 33.6 Å². The number of piperidine rings is 1. The zero-order chi connectivity index (χ0) is 19.4. The van der Waals surface area contributed by atoms with Crippen LogP contribution in [0, 0.1) is 11.8 Å². The second-order valence-electron chi connectivity index (χ2n) is 7.52. The third-order valence-corrected chi connectivity index (χ3v) is 4.81. The van der Waals surface area contributed by atoms with E-state index in [0.717, 1.165) is 18.8 Å². The Bertz CT molecular complexity index is 706. The average Bonchev–Trinajstić information content (AvgIpc) is 2.62. The van der Waals surface area contributed by atoms with E-state index in [2.05, 4.69) is 34.4 Å². The van der Waals surface area contributed by atoms with Crippen LogP contribution in [0.15, 0.2) is 29.3 Å². The largest absolute Gasteiger partial charge is 0.494 e. The summed E-state index contributed by atoms with van der Waals surface area (Å²) in [7, 11) is 0. The van der Waals surface area contributed by atoms with Crippen LogP contribution >= 0.6 is 0 Å². The maximum atomic E-state index is 12.6. The highest BCUT2D eigenvalue weighted by Gasteiger charge is 2.32. The van der Waals surface area contributed by atoms with Crippen LogP contribution < -0.4 is 15.4 Å². The van der Waals surface area contributed by atoms with Crippen LogP contribution in [-0.2, 0) is 9.59 Å². The molecule has 2 aliphatic heterocycles. The predicted molar refractivity (Wildman–Crippen MR) is 105 cm³/mol. The number of nitrogens with zero attached hydrogens (tertiary/aromatic N) is 2. The van der Waals surface area contributed by atoms with Gasteiger partial charge < -0.3 is 15.0 Å². The third kappa shape index (κ3) is 4.99. The van der Waals surface area contributed by atoms with Gasteiger partial charge in [-0.3, -0.25) is 14.9 Å². The summed E-state index contributed by atoms with van der Waals surface area (Å²) in [5.41, 5.74) is 0.659. The minimum atomic E-state index is -0.715. The molecule has 1 aromatic carbocycles. The Hall–Kier alpha value is -2.57. The van der Waals surface area contributed by atoms with Crippen LogP contribution in [0.2, 0.25) is 0 Å². The first kappa shape index (κ1) is 19.2. The monoisotopic (exact) mass is 372 g/mol. The minimum Gasteiger partial charge on any atom is -0.494 e. The quantitative estimate of drug-likeness (QED) is 0.849. The van der Waals surface area contributed by atoms with Gasteiger partial charge in [0, 0.05) is 18.8 Å². The highest BCUT2D eigenvalue weighted by molar-refractivity contribution is 6.06. The van der Waals surface area contributed by atoms with E-state index >= 15 is 0 Å². The summed E-state index contributed by atoms with van der Waals surface area (Å²) in [5, 5.41) is 5.68.